The average molecular weight is 265 g/mol. The number of nitrogens with zero attached hydrogens (tertiary/aromatic N) is 1. The fraction of sp³-hybridized carbons (Fsp3) is 0.182. The number of pyridine rings is 1. The molecule has 7 heteroatoms. The van der Waals surface area contributed by atoms with Crippen molar-refractivity contribution in [1.82, 2.24) is 4.98 Å². The number of para-hydroxylation sites is 1. The molecule has 0 fully saturated rings. The van der Waals surface area contributed by atoms with Crippen molar-refractivity contribution in [2.75, 3.05) is 0 Å². The van der Waals surface area contributed by atoms with E-state index in [1.54, 1.807) is 0 Å². The summed E-state index contributed by atoms with van der Waals surface area (Å²) in [6.07, 6.45) is -9.51. The standard InChI is InChI=1S/C11H5F6N/c12-10(13,14)7-3-1-2-6-4-5-8(11(15,16)17)18-9(6)7/h1-5H. The minimum absolute atomic E-state index is 0.0119. The highest BCUT2D eigenvalue weighted by molar-refractivity contribution is 5.82. The fourth-order valence-electron chi connectivity index (χ4n) is 1.53. The van der Waals surface area contributed by atoms with Crippen molar-refractivity contribution in [3.63, 3.8) is 0 Å². The van der Waals surface area contributed by atoms with E-state index in [-0.39, 0.29) is 5.39 Å². The van der Waals surface area contributed by atoms with Crippen LogP contribution in [0.25, 0.3) is 10.9 Å². The third kappa shape index (κ3) is 2.25. The number of rotatable bonds is 0. The van der Waals surface area contributed by atoms with Crippen LogP contribution in [0.3, 0.4) is 0 Å². The van der Waals surface area contributed by atoms with Crippen molar-refractivity contribution in [2.24, 2.45) is 0 Å². The molecule has 0 N–H and O–H groups in total. The van der Waals surface area contributed by atoms with Crippen LogP contribution in [0.1, 0.15) is 11.3 Å². The number of halogens is 6. The fourth-order valence-corrected chi connectivity index (χ4v) is 1.53. The molecule has 1 aromatic heterocycles. The number of benzene rings is 1. The van der Waals surface area contributed by atoms with Gasteiger partial charge in [0.25, 0.3) is 0 Å². The van der Waals surface area contributed by atoms with Crippen molar-refractivity contribution in [3.8, 4) is 0 Å². The lowest BCUT2D eigenvalue weighted by molar-refractivity contribution is -0.142. The van der Waals surface area contributed by atoms with Crippen LogP contribution in [-0.4, -0.2) is 4.98 Å². The first-order valence-corrected chi connectivity index (χ1v) is 4.74. The second-order valence-corrected chi connectivity index (χ2v) is 3.57. The van der Waals surface area contributed by atoms with Gasteiger partial charge in [-0.05, 0) is 12.1 Å². The summed E-state index contributed by atoms with van der Waals surface area (Å²) in [5.74, 6) is 0. The Morgan fingerprint density at radius 1 is 0.778 bits per heavy atom. The maximum absolute atomic E-state index is 12.6. The van der Waals surface area contributed by atoms with Gasteiger partial charge in [-0.2, -0.15) is 26.3 Å². The average Bonchev–Trinajstić information content (AvgIpc) is 2.25. The highest BCUT2D eigenvalue weighted by Gasteiger charge is 2.36. The van der Waals surface area contributed by atoms with Crippen LogP contribution in [0.4, 0.5) is 26.3 Å². The Morgan fingerprint density at radius 3 is 2.00 bits per heavy atom. The Kier molecular flexibility index (Phi) is 2.71. The number of hydrogen-bond acceptors (Lipinski definition) is 1. The van der Waals surface area contributed by atoms with Crippen LogP contribution in [0, 0.1) is 0 Å². The molecule has 1 nitrogen and oxygen atoms in total. The van der Waals surface area contributed by atoms with Crippen LogP contribution in [0.15, 0.2) is 30.3 Å². The molecule has 0 unspecified atom stereocenters. The Labute approximate surface area is 97.1 Å². The first-order valence-electron chi connectivity index (χ1n) is 4.74. The van der Waals surface area contributed by atoms with E-state index in [4.69, 9.17) is 0 Å². The summed E-state index contributed by atoms with van der Waals surface area (Å²) >= 11 is 0. The summed E-state index contributed by atoms with van der Waals surface area (Å²) in [5.41, 5.74) is -3.21. The van der Waals surface area contributed by atoms with Crippen molar-refractivity contribution < 1.29 is 26.3 Å². The first kappa shape index (κ1) is 12.7. The maximum atomic E-state index is 12.6. The van der Waals surface area contributed by atoms with Crippen LogP contribution >= 0.6 is 0 Å². The topological polar surface area (TPSA) is 12.9 Å². The Morgan fingerprint density at radius 2 is 1.44 bits per heavy atom. The third-order valence-corrected chi connectivity index (χ3v) is 2.32. The summed E-state index contributed by atoms with van der Waals surface area (Å²) in [4.78, 5) is 3.07. The first-order chi connectivity index (χ1) is 8.19. The lowest BCUT2D eigenvalue weighted by Gasteiger charge is -2.11. The zero-order chi connectivity index (χ0) is 13.6. The van der Waals surface area contributed by atoms with Gasteiger partial charge < -0.3 is 0 Å². The summed E-state index contributed by atoms with van der Waals surface area (Å²) < 4.78 is 75.1. The van der Waals surface area contributed by atoms with Gasteiger partial charge in [0.15, 0.2) is 0 Å². The van der Waals surface area contributed by atoms with E-state index in [0.29, 0.717) is 12.1 Å². The van der Waals surface area contributed by atoms with Gasteiger partial charge in [-0.15, -0.1) is 0 Å². The van der Waals surface area contributed by atoms with Gasteiger partial charge in [-0.3, -0.25) is 0 Å². The number of hydrogen-bond donors (Lipinski definition) is 0. The van der Waals surface area contributed by atoms with Crippen LogP contribution < -0.4 is 0 Å². The summed E-state index contributed by atoms with van der Waals surface area (Å²) in [7, 11) is 0. The molecule has 0 atom stereocenters. The highest BCUT2D eigenvalue weighted by Crippen LogP contribution is 2.35. The van der Waals surface area contributed by atoms with E-state index in [9.17, 15) is 26.3 Å². The van der Waals surface area contributed by atoms with Crippen LogP contribution in [-0.2, 0) is 12.4 Å². The van der Waals surface area contributed by atoms with Gasteiger partial charge in [0.1, 0.15) is 5.69 Å². The summed E-state index contributed by atoms with van der Waals surface area (Å²) in [5, 5.41) is 0.0119. The van der Waals surface area contributed by atoms with Crippen LogP contribution in [0.5, 0.6) is 0 Å². The summed E-state index contributed by atoms with van der Waals surface area (Å²) in [6.45, 7) is 0. The second-order valence-electron chi connectivity index (χ2n) is 3.57. The molecule has 0 saturated heterocycles. The number of aromatic nitrogens is 1. The van der Waals surface area contributed by atoms with Crippen molar-refractivity contribution in [3.05, 3.63) is 41.6 Å². The molecule has 1 aromatic carbocycles. The molecule has 1 heterocycles. The monoisotopic (exact) mass is 265 g/mol. The van der Waals surface area contributed by atoms with E-state index in [2.05, 4.69) is 4.98 Å². The Hall–Kier alpha value is -1.79. The zero-order valence-corrected chi connectivity index (χ0v) is 8.60. The highest BCUT2D eigenvalue weighted by atomic mass is 19.4. The Balaban J connectivity index is 2.74. The molecule has 0 radical (unpaired) electrons. The quantitative estimate of drug-likeness (QED) is 0.648. The molecular formula is C11H5F6N. The number of alkyl halides is 6. The molecule has 0 amide bonds. The molecule has 0 spiro atoms. The molecule has 0 aliphatic carbocycles. The van der Waals surface area contributed by atoms with Crippen LogP contribution in [0.2, 0.25) is 0 Å². The third-order valence-electron chi connectivity index (χ3n) is 2.32. The van der Waals surface area contributed by atoms with Crippen molar-refractivity contribution in [2.45, 2.75) is 12.4 Å². The van der Waals surface area contributed by atoms with E-state index < -0.39 is 29.1 Å². The predicted octanol–water partition coefficient (Wildman–Crippen LogP) is 4.27. The zero-order valence-electron chi connectivity index (χ0n) is 8.60. The van der Waals surface area contributed by atoms with Gasteiger partial charge >= 0.3 is 12.4 Å². The lowest BCUT2D eigenvalue weighted by atomic mass is 10.1. The molecule has 0 aliphatic rings. The largest absolute Gasteiger partial charge is 0.433 e. The maximum Gasteiger partial charge on any atom is 0.433 e. The van der Waals surface area contributed by atoms with Gasteiger partial charge in [0.05, 0.1) is 11.1 Å². The Bertz CT molecular complexity index is 584. The van der Waals surface area contributed by atoms with E-state index in [0.717, 1.165) is 12.1 Å². The molecule has 96 valence electrons. The minimum Gasteiger partial charge on any atom is -0.243 e. The smallest absolute Gasteiger partial charge is 0.243 e. The molecular weight excluding hydrogens is 260 g/mol. The van der Waals surface area contributed by atoms with E-state index in [1.807, 2.05) is 0 Å². The minimum atomic E-state index is -4.77. The van der Waals surface area contributed by atoms with Gasteiger partial charge in [-0.1, -0.05) is 18.2 Å². The van der Waals surface area contributed by atoms with E-state index >= 15 is 0 Å². The molecule has 2 rings (SSSR count). The van der Waals surface area contributed by atoms with Gasteiger partial charge in [-0.25, -0.2) is 4.98 Å². The molecule has 0 aliphatic heterocycles. The summed E-state index contributed by atoms with van der Waals surface area (Å²) in [6, 6.07) is 4.73. The van der Waals surface area contributed by atoms with Crippen molar-refractivity contribution in [1.29, 1.82) is 0 Å². The normalized spacial score (nSPS) is 13.0. The molecule has 18 heavy (non-hydrogen) atoms. The molecule has 2 aromatic rings. The van der Waals surface area contributed by atoms with Gasteiger partial charge in [0.2, 0.25) is 0 Å². The molecule has 0 bridgehead atoms. The number of fused-ring (bicyclic) bond motifs is 1. The van der Waals surface area contributed by atoms with Crippen molar-refractivity contribution >= 4 is 10.9 Å². The van der Waals surface area contributed by atoms with Gasteiger partial charge in [0, 0.05) is 5.39 Å². The second kappa shape index (κ2) is 3.86. The lowest BCUT2D eigenvalue weighted by Crippen LogP contribution is -2.11. The molecule has 0 saturated carbocycles. The van der Waals surface area contributed by atoms with E-state index in [1.165, 1.54) is 6.07 Å². The predicted molar refractivity (Wildman–Crippen MR) is 51.7 cm³/mol. The SMILES string of the molecule is FC(F)(F)c1ccc2cccc(C(F)(F)F)c2n1.